The number of fused-ring (bicyclic) bond motifs is 1. The lowest BCUT2D eigenvalue weighted by atomic mass is 10.1. The fourth-order valence-corrected chi connectivity index (χ4v) is 3.48. The summed E-state index contributed by atoms with van der Waals surface area (Å²) < 4.78 is 22.8. The second kappa shape index (κ2) is 11.1. The second-order valence-corrected chi connectivity index (χ2v) is 7.26. The Morgan fingerprint density at radius 1 is 0.903 bits per heavy atom. The van der Waals surface area contributed by atoms with Crippen LogP contribution in [0.3, 0.4) is 0 Å². The molecule has 4 rings (SSSR count). The van der Waals surface area contributed by atoms with Gasteiger partial charge in [-0.05, 0) is 36.8 Å². The third-order valence-corrected chi connectivity index (χ3v) is 5.14. The van der Waals surface area contributed by atoms with E-state index in [1.807, 2.05) is 67.6 Å². The van der Waals surface area contributed by atoms with Gasteiger partial charge in [-0.1, -0.05) is 48.0 Å². The van der Waals surface area contributed by atoms with Gasteiger partial charge in [-0.2, -0.15) is 0 Å². The Morgan fingerprint density at radius 2 is 1.71 bits per heavy atom. The molecule has 3 aromatic carbocycles. The number of hydrogen-bond acceptors (Lipinski definition) is 5. The zero-order chi connectivity index (χ0) is 20.8. The fraction of sp³-hybridized carbons (Fsp3) is 0.250. The predicted octanol–water partition coefficient (Wildman–Crippen LogP) is 5.76. The molecule has 7 heteroatoms. The standard InChI is InChI=1S/C24H24ClNO4.ClH/c1-2-27-22-9-5-7-18(24(22)28-15-19-6-3-4-8-20(19)25)14-26-13-17-10-11-21-23(12-17)30-16-29-21;/h3-12,26H,2,13-16H2,1H3;1H. The molecule has 0 saturated heterocycles. The highest BCUT2D eigenvalue weighted by atomic mass is 35.5. The average Bonchev–Trinajstić information content (AvgIpc) is 3.22. The topological polar surface area (TPSA) is 49.0 Å². The summed E-state index contributed by atoms with van der Waals surface area (Å²) in [4.78, 5) is 0. The molecule has 1 aliphatic heterocycles. The van der Waals surface area contributed by atoms with Crippen molar-refractivity contribution in [3.05, 3.63) is 82.4 Å². The van der Waals surface area contributed by atoms with Gasteiger partial charge in [-0.3, -0.25) is 0 Å². The van der Waals surface area contributed by atoms with Crippen molar-refractivity contribution in [3.8, 4) is 23.0 Å². The molecule has 0 fully saturated rings. The predicted molar refractivity (Wildman–Crippen MR) is 124 cm³/mol. The number of rotatable bonds is 9. The molecule has 0 radical (unpaired) electrons. The Kier molecular flexibility index (Phi) is 8.29. The Hall–Kier alpha value is -2.60. The van der Waals surface area contributed by atoms with Crippen LogP contribution in [0.4, 0.5) is 0 Å². The number of ether oxygens (including phenoxy) is 4. The minimum Gasteiger partial charge on any atom is -0.490 e. The smallest absolute Gasteiger partial charge is 0.231 e. The first-order valence-electron chi connectivity index (χ1n) is 9.94. The van der Waals surface area contributed by atoms with Gasteiger partial charge in [0.15, 0.2) is 23.0 Å². The third kappa shape index (κ3) is 5.76. The molecule has 1 aliphatic rings. The summed E-state index contributed by atoms with van der Waals surface area (Å²) in [5.41, 5.74) is 3.08. The molecule has 0 atom stereocenters. The molecule has 31 heavy (non-hydrogen) atoms. The highest BCUT2D eigenvalue weighted by Crippen LogP contribution is 2.34. The van der Waals surface area contributed by atoms with E-state index in [9.17, 15) is 0 Å². The lowest BCUT2D eigenvalue weighted by Crippen LogP contribution is -2.14. The quantitative estimate of drug-likeness (QED) is 0.438. The zero-order valence-electron chi connectivity index (χ0n) is 17.2. The van der Waals surface area contributed by atoms with Crippen molar-refractivity contribution in [1.29, 1.82) is 0 Å². The number of nitrogens with one attached hydrogen (secondary N) is 1. The minimum absolute atomic E-state index is 0. The van der Waals surface area contributed by atoms with Crippen molar-refractivity contribution in [1.82, 2.24) is 5.32 Å². The van der Waals surface area contributed by atoms with Crippen molar-refractivity contribution < 1.29 is 18.9 Å². The Labute approximate surface area is 193 Å². The van der Waals surface area contributed by atoms with Crippen molar-refractivity contribution in [2.75, 3.05) is 13.4 Å². The van der Waals surface area contributed by atoms with Gasteiger partial charge in [0, 0.05) is 29.2 Å². The first-order chi connectivity index (χ1) is 14.7. The first-order valence-corrected chi connectivity index (χ1v) is 10.3. The van der Waals surface area contributed by atoms with E-state index in [1.54, 1.807) is 0 Å². The second-order valence-electron chi connectivity index (χ2n) is 6.85. The molecular weight excluding hydrogens is 437 g/mol. The van der Waals surface area contributed by atoms with Gasteiger partial charge in [-0.25, -0.2) is 0 Å². The van der Waals surface area contributed by atoms with Crippen LogP contribution >= 0.6 is 24.0 Å². The van der Waals surface area contributed by atoms with Crippen molar-refractivity contribution in [2.45, 2.75) is 26.6 Å². The van der Waals surface area contributed by atoms with Crippen LogP contribution in [-0.4, -0.2) is 13.4 Å². The SMILES string of the molecule is CCOc1cccc(CNCc2ccc3c(c2)OCO3)c1OCc1ccccc1Cl.Cl. The van der Waals surface area contributed by atoms with Gasteiger partial charge in [0.1, 0.15) is 6.61 Å². The van der Waals surface area contributed by atoms with Gasteiger partial charge >= 0.3 is 0 Å². The van der Waals surface area contributed by atoms with E-state index < -0.39 is 0 Å². The molecule has 0 aliphatic carbocycles. The molecule has 0 saturated carbocycles. The van der Waals surface area contributed by atoms with Crippen LogP contribution in [0.25, 0.3) is 0 Å². The summed E-state index contributed by atoms with van der Waals surface area (Å²) in [5.74, 6) is 3.04. The lowest BCUT2D eigenvalue weighted by molar-refractivity contribution is 0.174. The van der Waals surface area contributed by atoms with E-state index in [4.69, 9.17) is 30.5 Å². The molecule has 3 aromatic rings. The molecule has 0 bridgehead atoms. The van der Waals surface area contributed by atoms with Gasteiger partial charge in [0.2, 0.25) is 6.79 Å². The van der Waals surface area contributed by atoms with Gasteiger partial charge < -0.3 is 24.3 Å². The van der Waals surface area contributed by atoms with Gasteiger partial charge in [-0.15, -0.1) is 12.4 Å². The largest absolute Gasteiger partial charge is 0.490 e. The van der Waals surface area contributed by atoms with Crippen LogP contribution in [0, 0.1) is 0 Å². The first kappa shape index (κ1) is 23.1. The highest BCUT2D eigenvalue weighted by Gasteiger charge is 2.14. The zero-order valence-corrected chi connectivity index (χ0v) is 18.8. The summed E-state index contributed by atoms with van der Waals surface area (Å²) in [7, 11) is 0. The number of halogens is 2. The molecule has 0 spiro atoms. The molecule has 5 nitrogen and oxygen atoms in total. The Morgan fingerprint density at radius 3 is 2.55 bits per heavy atom. The number of hydrogen-bond donors (Lipinski definition) is 1. The average molecular weight is 462 g/mol. The lowest BCUT2D eigenvalue weighted by Gasteiger charge is -2.17. The number of para-hydroxylation sites is 1. The summed E-state index contributed by atoms with van der Waals surface area (Å²) in [5, 5.41) is 4.16. The minimum atomic E-state index is 0. The fourth-order valence-electron chi connectivity index (χ4n) is 3.29. The number of benzene rings is 3. The maximum Gasteiger partial charge on any atom is 0.231 e. The maximum absolute atomic E-state index is 6.28. The maximum atomic E-state index is 6.28. The van der Waals surface area contributed by atoms with Crippen LogP contribution in [0.2, 0.25) is 5.02 Å². The molecule has 0 aromatic heterocycles. The highest BCUT2D eigenvalue weighted by molar-refractivity contribution is 6.31. The van der Waals surface area contributed by atoms with Crippen LogP contribution in [0.15, 0.2) is 60.7 Å². The summed E-state index contributed by atoms with van der Waals surface area (Å²) in [6.07, 6.45) is 0. The van der Waals surface area contributed by atoms with E-state index in [2.05, 4.69) is 5.32 Å². The van der Waals surface area contributed by atoms with Crippen molar-refractivity contribution in [3.63, 3.8) is 0 Å². The van der Waals surface area contributed by atoms with Crippen molar-refractivity contribution >= 4 is 24.0 Å². The Bertz CT molecular complexity index is 1010. The molecule has 0 unspecified atom stereocenters. The Balaban J connectivity index is 0.00000272. The third-order valence-electron chi connectivity index (χ3n) is 4.77. The van der Waals surface area contributed by atoms with Crippen molar-refractivity contribution in [2.24, 2.45) is 0 Å². The normalized spacial score (nSPS) is 11.7. The van der Waals surface area contributed by atoms with E-state index in [1.165, 1.54) is 0 Å². The molecular formula is C24H25Cl2NO4. The molecule has 1 N–H and O–H groups in total. The van der Waals surface area contributed by atoms with Gasteiger partial charge in [0.25, 0.3) is 0 Å². The summed E-state index contributed by atoms with van der Waals surface area (Å²) in [6, 6.07) is 19.6. The van der Waals surface area contributed by atoms with Crippen LogP contribution in [-0.2, 0) is 19.7 Å². The summed E-state index contributed by atoms with van der Waals surface area (Å²) >= 11 is 6.28. The van der Waals surface area contributed by atoms with E-state index in [0.29, 0.717) is 31.3 Å². The van der Waals surface area contributed by atoms with Crippen LogP contribution in [0.5, 0.6) is 23.0 Å². The van der Waals surface area contributed by atoms with E-state index >= 15 is 0 Å². The molecule has 0 amide bonds. The molecule has 164 valence electrons. The van der Waals surface area contributed by atoms with Crippen LogP contribution < -0.4 is 24.3 Å². The molecule has 1 heterocycles. The monoisotopic (exact) mass is 461 g/mol. The summed E-state index contributed by atoms with van der Waals surface area (Å²) in [6.45, 7) is 4.51. The van der Waals surface area contributed by atoms with E-state index in [-0.39, 0.29) is 19.2 Å². The van der Waals surface area contributed by atoms with E-state index in [0.717, 1.165) is 39.7 Å². The van der Waals surface area contributed by atoms with Crippen LogP contribution in [0.1, 0.15) is 23.6 Å². The van der Waals surface area contributed by atoms with Gasteiger partial charge in [0.05, 0.1) is 6.61 Å².